The van der Waals surface area contributed by atoms with Gasteiger partial charge in [0.1, 0.15) is 5.75 Å². The van der Waals surface area contributed by atoms with Crippen molar-refractivity contribution in [3.63, 3.8) is 0 Å². The Balaban J connectivity index is 1.84. The lowest BCUT2D eigenvalue weighted by Crippen LogP contribution is -2.36. The van der Waals surface area contributed by atoms with Crippen LogP contribution in [0, 0.1) is 0 Å². The van der Waals surface area contributed by atoms with Crippen LogP contribution in [0.2, 0.25) is 5.02 Å². The summed E-state index contributed by atoms with van der Waals surface area (Å²) in [6, 6.07) is 5.48. The number of likely N-dealkylation sites (tertiary alicyclic amines) is 1. The molecule has 0 spiro atoms. The van der Waals surface area contributed by atoms with E-state index in [2.05, 4.69) is 5.32 Å². The molecule has 0 unspecified atom stereocenters. The predicted molar refractivity (Wildman–Crippen MR) is 75.5 cm³/mol. The topological polar surface area (TPSA) is 41.6 Å². The van der Waals surface area contributed by atoms with Crippen LogP contribution in [0.15, 0.2) is 18.2 Å². The first-order chi connectivity index (χ1) is 9.20. The van der Waals surface area contributed by atoms with Gasteiger partial charge >= 0.3 is 0 Å². The van der Waals surface area contributed by atoms with Crippen LogP contribution in [0.1, 0.15) is 18.4 Å². The average molecular weight is 283 g/mol. The van der Waals surface area contributed by atoms with Crippen LogP contribution in [0.5, 0.6) is 5.75 Å². The van der Waals surface area contributed by atoms with Gasteiger partial charge in [0.15, 0.2) is 0 Å². The van der Waals surface area contributed by atoms with E-state index in [0.29, 0.717) is 18.1 Å². The molecule has 1 saturated heterocycles. The van der Waals surface area contributed by atoms with Crippen molar-refractivity contribution < 1.29 is 9.53 Å². The fraction of sp³-hybridized carbons (Fsp3) is 0.500. The summed E-state index contributed by atoms with van der Waals surface area (Å²) in [5, 5.41) is 3.82. The second kappa shape index (κ2) is 6.78. The Morgan fingerprint density at radius 2 is 2.16 bits per heavy atom. The summed E-state index contributed by atoms with van der Waals surface area (Å²) in [6.07, 6.45) is 2.24. The third-order valence-corrected chi connectivity index (χ3v) is 3.53. The first-order valence-electron chi connectivity index (χ1n) is 6.51. The molecule has 1 amide bonds. The van der Waals surface area contributed by atoms with Gasteiger partial charge in [-0.3, -0.25) is 4.79 Å². The van der Waals surface area contributed by atoms with Gasteiger partial charge in [0.2, 0.25) is 5.91 Å². The van der Waals surface area contributed by atoms with Crippen molar-refractivity contribution >= 4 is 17.5 Å². The van der Waals surface area contributed by atoms with Crippen LogP contribution in [-0.4, -0.2) is 37.6 Å². The van der Waals surface area contributed by atoms with Gasteiger partial charge in [0.05, 0.1) is 13.7 Å². The molecule has 1 aromatic carbocycles. The van der Waals surface area contributed by atoms with Gasteiger partial charge < -0.3 is 15.0 Å². The minimum Gasteiger partial charge on any atom is -0.496 e. The number of ether oxygens (including phenoxy) is 1. The molecule has 4 nitrogen and oxygen atoms in total. The third kappa shape index (κ3) is 3.85. The summed E-state index contributed by atoms with van der Waals surface area (Å²) < 4.78 is 5.26. The van der Waals surface area contributed by atoms with Gasteiger partial charge in [0, 0.05) is 30.2 Å². The first-order valence-corrected chi connectivity index (χ1v) is 6.89. The van der Waals surface area contributed by atoms with E-state index in [1.165, 1.54) is 0 Å². The molecular weight excluding hydrogens is 264 g/mol. The molecule has 104 valence electrons. The maximum Gasteiger partial charge on any atom is 0.236 e. The van der Waals surface area contributed by atoms with E-state index in [1.54, 1.807) is 13.2 Å². The number of hydrogen-bond acceptors (Lipinski definition) is 3. The van der Waals surface area contributed by atoms with Gasteiger partial charge in [-0.2, -0.15) is 0 Å². The minimum atomic E-state index is 0.165. The van der Waals surface area contributed by atoms with Crippen molar-refractivity contribution in [2.45, 2.75) is 19.4 Å². The largest absolute Gasteiger partial charge is 0.496 e. The van der Waals surface area contributed by atoms with E-state index in [9.17, 15) is 4.79 Å². The monoisotopic (exact) mass is 282 g/mol. The SMILES string of the molecule is COc1ccc(Cl)cc1CNCC(=O)N1CCCC1. The van der Waals surface area contributed by atoms with E-state index in [4.69, 9.17) is 16.3 Å². The van der Waals surface area contributed by atoms with Gasteiger partial charge in [-0.15, -0.1) is 0 Å². The molecule has 1 fully saturated rings. The number of halogens is 1. The smallest absolute Gasteiger partial charge is 0.236 e. The van der Waals surface area contributed by atoms with E-state index in [-0.39, 0.29) is 5.91 Å². The van der Waals surface area contributed by atoms with Crippen molar-refractivity contribution in [3.05, 3.63) is 28.8 Å². The highest BCUT2D eigenvalue weighted by Gasteiger charge is 2.17. The Morgan fingerprint density at radius 1 is 1.42 bits per heavy atom. The van der Waals surface area contributed by atoms with Crippen LogP contribution >= 0.6 is 11.6 Å². The number of methoxy groups -OCH3 is 1. The summed E-state index contributed by atoms with van der Waals surface area (Å²) in [6.45, 7) is 2.71. The molecule has 0 atom stereocenters. The molecule has 5 heteroatoms. The average Bonchev–Trinajstić information content (AvgIpc) is 2.93. The summed E-state index contributed by atoms with van der Waals surface area (Å²) in [7, 11) is 1.63. The lowest BCUT2D eigenvalue weighted by atomic mass is 10.2. The van der Waals surface area contributed by atoms with Crippen molar-refractivity contribution in [1.82, 2.24) is 10.2 Å². The van der Waals surface area contributed by atoms with Crippen LogP contribution in [0.3, 0.4) is 0 Å². The number of hydrogen-bond donors (Lipinski definition) is 1. The molecule has 0 aromatic heterocycles. The van der Waals surface area contributed by atoms with Crippen LogP contribution in [-0.2, 0) is 11.3 Å². The highest BCUT2D eigenvalue weighted by molar-refractivity contribution is 6.30. The zero-order chi connectivity index (χ0) is 13.7. The zero-order valence-corrected chi connectivity index (χ0v) is 11.9. The first kappa shape index (κ1) is 14.2. The van der Waals surface area contributed by atoms with Gasteiger partial charge in [0.25, 0.3) is 0 Å². The lowest BCUT2D eigenvalue weighted by molar-refractivity contribution is -0.129. The minimum absolute atomic E-state index is 0.165. The molecule has 2 rings (SSSR count). The maximum atomic E-state index is 11.9. The highest BCUT2D eigenvalue weighted by atomic mass is 35.5. The van der Waals surface area contributed by atoms with Gasteiger partial charge in [-0.05, 0) is 31.0 Å². The molecule has 0 radical (unpaired) electrons. The van der Waals surface area contributed by atoms with Gasteiger partial charge in [-0.1, -0.05) is 11.6 Å². The van der Waals surface area contributed by atoms with Crippen molar-refractivity contribution in [1.29, 1.82) is 0 Å². The third-order valence-electron chi connectivity index (χ3n) is 3.29. The number of benzene rings is 1. The Bertz CT molecular complexity index is 445. The molecule has 1 heterocycles. The Labute approximate surface area is 118 Å². The summed E-state index contributed by atoms with van der Waals surface area (Å²) >= 11 is 5.96. The second-order valence-corrected chi connectivity index (χ2v) is 5.08. The molecular formula is C14H19ClN2O2. The Kier molecular flexibility index (Phi) is 5.05. The molecule has 0 saturated carbocycles. The molecule has 1 N–H and O–H groups in total. The highest BCUT2D eigenvalue weighted by Crippen LogP contribution is 2.22. The number of nitrogens with zero attached hydrogens (tertiary/aromatic N) is 1. The van der Waals surface area contributed by atoms with E-state index < -0.39 is 0 Å². The summed E-state index contributed by atoms with van der Waals surface area (Å²) in [4.78, 5) is 13.8. The number of nitrogens with one attached hydrogen (secondary N) is 1. The van der Waals surface area contributed by atoms with Crippen LogP contribution < -0.4 is 10.1 Å². The van der Waals surface area contributed by atoms with Gasteiger partial charge in [-0.25, -0.2) is 0 Å². The fourth-order valence-electron chi connectivity index (χ4n) is 2.27. The lowest BCUT2D eigenvalue weighted by Gasteiger charge is -2.16. The molecule has 19 heavy (non-hydrogen) atoms. The van der Waals surface area contributed by atoms with Crippen molar-refractivity contribution in [2.24, 2.45) is 0 Å². The summed E-state index contributed by atoms with van der Waals surface area (Å²) in [5.74, 6) is 0.948. The number of rotatable bonds is 5. The van der Waals surface area contributed by atoms with Crippen molar-refractivity contribution in [2.75, 3.05) is 26.7 Å². The molecule has 0 bridgehead atoms. The maximum absolute atomic E-state index is 11.9. The molecule has 0 aliphatic carbocycles. The Morgan fingerprint density at radius 3 is 2.84 bits per heavy atom. The number of amides is 1. The van der Waals surface area contributed by atoms with E-state index in [1.807, 2.05) is 17.0 Å². The fourth-order valence-corrected chi connectivity index (χ4v) is 2.46. The molecule has 1 aliphatic heterocycles. The number of carbonyl (C=O) groups excluding carboxylic acids is 1. The predicted octanol–water partition coefficient (Wildman–Crippen LogP) is 2.06. The number of carbonyl (C=O) groups is 1. The Hall–Kier alpha value is -1.26. The van der Waals surface area contributed by atoms with Crippen LogP contribution in [0.25, 0.3) is 0 Å². The quantitative estimate of drug-likeness (QED) is 0.899. The standard InChI is InChI=1S/C14H19ClN2O2/c1-19-13-5-4-12(15)8-11(13)9-16-10-14(18)17-6-2-3-7-17/h4-5,8,16H,2-3,6-7,9-10H2,1H3. The molecule has 1 aliphatic rings. The van der Waals surface area contributed by atoms with Crippen molar-refractivity contribution in [3.8, 4) is 5.75 Å². The normalized spacial score (nSPS) is 14.7. The zero-order valence-electron chi connectivity index (χ0n) is 11.1. The summed E-state index contributed by atoms with van der Waals surface area (Å²) in [5.41, 5.74) is 0.962. The van der Waals surface area contributed by atoms with E-state index >= 15 is 0 Å². The second-order valence-electron chi connectivity index (χ2n) is 4.65. The van der Waals surface area contributed by atoms with Crippen LogP contribution in [0.4, 0.5) is 0 Å². The molecule has 1 aromatic rings. The van der Waals surface area contributed by atoms with E-state index in [0.717, 1.165) is 37.2 Å².